The molecule has 1 atom stereocenters. The summed E-state index contributed by atoms with van der Waals surface area (Å²) in [6.07, 6.45) is 0.224. The minimum Gasteiger partial charge on any atom is -0.454 e. The summed E-state index contributed by atoms with van der Waals surface area (Å²) >= 11 is 0. The van der Waals surface area contributed by atoms with E-state index in [1.54, 1.807) is 25.1 Å². The van der Waals surface area contributed by atoms with Crippen molar-refractivity contribution >= 4 is 23.6 Å². The lowest BCUT2D eigenvalue weighted by Gasteiger charge is -2.18. The van der Waals surface area contributed by atoms with Crippen LogP contribution in [0.1, 0.15) is 27.2 Å². The number of ether oxygens (including phenoxy) is 1. The van der Waals surface area contributed by atoms with Crippen LogP contribution in [0.25, 0.3) is 0 Å². The maximum atomic E-state index is 12.7. The number of rotatable bonds is 8. The Kier molecular flexibility index (Phi) is 7.16. The van der Waals surface area contributed by atoms with E-state index in [1.807, 2.05) is 49.4 Å². The third kappa shape index (κ3) is 6.53. The Labute approximate surface area is 179 Å². The van der Waals surface area contributed by atoms with Crippen molar-refractivity contribution in [2.24, 2.45) is 0 Å². The topological polar surface area (TPSA) is 111 Å². The van der Waals surface area contributed by atoms with Crippen LogP contribution in [0.2, 0.25) is 0 Å². The first-order valence-corrected chi connectivity index (χ1v) is 9.72. The van der Waals surface area contributed by atoms with Crippen molar-refractivity contribution < 1.29 is 23.6 Å². The molecule has 0 saturated carbocycles. The fourth-order valence-electron chi connectivity index (χ4n) is 2.83. The Morgan fingerprint density at radius 2 is 1.74 bits per heavy atom. The van der Waals surface area contributed by atoms with E-state index in [0.29, 0.717) is 11.3 Å². The highest BCUT2D eigenvalue weighted by molar-refractivity contribution is 5.97. The van der Waals surface area contributed by atoms with Crippen LogP contribution in [0.4, 0.5) is 5.82 Å². The maximum absolute atomic E-state index is 12.7. The number of hydrogen-bond acceptors (Lipinski definition) is 6. The SMILES string of the molecule is Cc1ccc(C(=O)N[C@H](Cc2ccccc2)C(=O)OCC(=O)Nc2cc(C)on2)cc1. The molecule has 0 aliphatic carbocycles. The molecule has 2 N–H and O–H groups in total. The fourth-order valence-corrected chi connectivity index (χ4v) is 2.83. The number of benzene rings is 2. The molecule has 0 saturated heterocycles. The molecule has 0 fully saturated rings. The molecule has 2 amide bonds. The quantitative estimate of drug-likeness (QED) is 0.541. The van der Waals surface area contributed by atoms with Crippen molar-refractivity contribution in [2.45, 2.75) is 26.3 Å². The molecule has 31 heavy (non-hydrogen) atoms. The third-order valence-corrected chi connectivity index (χ3v) is 4.43. The summed E-state index contributed by atoms with van der Waals surface area (Å²) in [6, 6.07) is 16.8. The number of aryl methyl sites for hydroxylation is 2. The molecule has 8 nitrogen and oxygen atoms in total. The van der Waals surface area contributed by atoms with Crippen LogP contribution in [-0.2, 0) is 20.7 Å². The number of anilines is 1. The van der Waals surface area contributed by atoms with Gasteiger partial charge in [0.15, 0.2) is 12.4 Å². The second-order valence-corrected chi connectivity index (χ2v) is 7.06. The largest absolute Gasteiger partial charge is 0.454 e. The average Bonchev–Trinajstić information content (AvgIpc) is 3.17. The van der Waals surface area contributed by atoms with Crippen molar-refractivity contribution in [3.63, 3.8) is 0 Å². The van der Waals surface area contributed by atoms with Crippen LogP contribution in [0.15, 0.2) is 65.2 Å². The molecule has 0 spiro atoms. The third-order valence-electron chi connectivity index (χ3n) is 4.43. The number of aromatic nitrogens is 1. The van der Waals surface area contributed by atoms with Gasteiger partial charge < -0.3 is 19.9 Å². The van der Waals surface area contributed by atoms with E-state index in [4.69, 9.17) is 9.26 Å². The van der Waals surface area contributed by atoms with Gasteiger partial charge in [0.2, 0.25) is 0 Å². The highest BCUT2D eigenvalue weighted by atomic mass is 16.5. The molecule has 0 aliphatic rings. The van der Waals surface area contributed by atoms with Crippen LogP contribution in [0.3, 0.4) is 0 Å². The van der Waals surface area contributed by atoms with Crippen molar-refractivity contribution in [1.82, 2.24) is 10.5 Å². The standard InChI is InChI=1S/C23H23N3O5/c1-15-8-10-18(11-9-15)22(28)24-19(13-17-6-4-3-5-7-17)23(29)30-14-21(27)25-20-12-16(2)31-26-20/h3-12,19H,13-14H2,1-2H3,(H,24,28)(H,25,26,27)/t19-/m1/s1. The number of carbonyl (C=O) groups is 3. The smallest absolute Gasteiger partial charge is 0.329 e. The van der Waals surface area contributed by atoms with Gasteiger partial charge >= 0.3 is 5.97 Å². The number of amides is 2. The summed E-state index contributed by atoms with van der Waals surface area (Å²) in [6.45, 7) is 3.09. The highest BCUT2D eigenvalue weighted by Crippen LogP contribution is 2.09. The second-order valence-electron chi connectivity index (χ2n) is 7.06. The van der Waals surface area contributed by atoms with E-state index < -0.39 is 30.4 Å². The van der Waals surface area contributed by atoms with Gasteiger partial charge in [0.05, 0.1) is 0 Å². The monoisotopic (exact) mass is 421 g/mol. The Bertz CT molecular complexity index is 1040. The van der Waals surface area contributed by atoms with E-state index in [0.717, 1.165) is 11.1 Å². The molecule has 2 aromatic carbocycles. The van der Waals surface area contributed by atoms with Gasteiger partial charge in [-0.25, -0.2) is 4.79 Å². The number of nitrogens with zero attached hydrogens (tertiary/aromatic N) is 1. The molecule has 3 rings (SSSR count). The first kappa shape index (κ1) is 21.8. The number of hydrogen-bond donors (Lipinski definition) is 2. The Morgan fingerprint density at radius 3 is 2.39 bits per heavy atom. The van der Waals surface area contributed by atoms with Gasteiger partial charge in [0.25, 0.3) is 11.8 Å². The maximum Gasteiger partial charge on any atom is 0.329 e. The first-order valence-electron chi connectivity index (χ1n) is 9.72. The number of carbonyl (C=O) groups excluding carboxylic acids is 3. The van der Waals surface area contributed by atoms with E-state index in [2.05, 4.69) is 15.8 Å². The average molecular weight is 421 g/mol. The summed E-state index contributed by atoms with van der Waals surface area (Å²) in [4.78, 5) is 37.3. The van der Waals surface area contributed by atoms with Crippen LogP contribution in [0, 0.1) is 13.8 Å². The van der Waals surface area contributed by atoms with Crippen LogP contribution >= 0.6 is 0 Å². The summed E-state index contributed by atoms with van der Waals surface area (Å²) in [7, 11) is 0. The Hall–Kier alpha value is -3.94. The van der Waals surface area contributed by atoms with Crippen LogP contribution < -0.4 is 10.6 Å². The Morgan fingerprint density at radius 1 is 1.03 bits per heavy atom. The minimum atomic E-state index is -0.960. The highest BCUT2D eigenvalue weighted by Gasteiger charge is 2.24. The van der Waals surface area contributed by atoms with Gasteiger partial charge in [-0.15, -0.1) is 0 Å². The predicted molar refractivity (Wildman–Crippen MR) is 113 cm³/mol. The first-order chi connectivity index (χ1) is 14.9. The molecular weight excluding hydrogens is 398 g/mol. The molecule has 0 radical (unpaired) electrons. The van der Waals surface area contributed by atoms with E-state index in [9.17, 15) is 14.4 Å². The lowest BCUT2D eigenvalue weighted by Crippen LogP contribution is -2.44. The van der Waals surface area contributed by atoms with Crippen molar-refractivity contribution in [3.05, 3.63) is 83.1 Å². The lowest BCUT2D eigenvalue weighted by molar-refractivity contribution is -0.149. The van der Waals surface area contributed by atoms with Gasteiger partial charge in [-0.1, -0.05) is 53.2 Å². The molecule has 0 bridgehead atoms. The summed E-state index contributed by atoms with van der Waals surface area (Å²) in [5, 5.41) is 8.82. The van der Waals surface area contributed by atoms with Crippen molar-refractivity contribution in [2.75, 3.05) is 11.9 Å². The summed E-state index contributed by atoms with van der Waals surface area (Å²) in [5.74, 6) is -0.915. The zero-order valence-electron chi connectivity index (χ0n) is 17.3. The van der Waals surface area contributed by atoms with E-state index in [1.165, 1.54) is 0 Å². The fraction of sp³-hybridized carbons (Fsp3) is 0.217. The van der Waals surface area contributed by atoms with Gasteiger partial charge in [-0.05, 0) is 31.5 Å². The van der Waals surface area contributed by atoms with Crippen molar-refractivity contribution in [1.29, 1.82) is 0 Å². The number of nitrogens with one attached hydrogen (secondary N) is 2. The van der Waals surface area contributed by atoms with Crippen molar-refractivity contribution in [3.8, 4) is 0 Å². The van der Waals surface area contributed by atoms with Gasteiger partial charge in [-0.3, -0.25) is 9.59 Å². The predicted octanol–water partition coefficient (Wildman–Crippen LogP) is 2.81. The molecule has 0 unspecified atom stereocenters. The van der Waals surface area contributed by atoms with E-state index in [-0.39, 0.29) is 12.2 Å². The second kappa shape index (κ2) is 10.2. The zero-order chi connectivity index (χ0) is 22.2. The summed E-state index contributed by atoms with van der Waals surface area (Å²) < 4.78 is 10.0. The van der Waals surface area contributed by atoms with Crippen LogP contribution in [-0.4, -0.2) is 35.6 Å². The van der Waals surface area contributed by atoms with Gasteiger partial charge in [0, 0.05) is 18.1 Å². The molecule has 1 heterocycles. The normalized spacial score (nSPS) is 11.4. The molecule has 3 aromatic rings. The molecule has 160 valence electrons. The minimum absolute atomic E-state index is 0.224. The van der Waals surface area contributed by atoms with Crippen LogP contribution in [0.5, 0.6) is 0 Å². The Balaban J connectivity index is 1.64. The molecule has 8 heteroatoms. The van der Waals surface area contributed by atoms with Gasteiger partial charge in [-0.2, -0.15) is 0 Å². The van der Waals surface area contributed by atoms with E-state index >= 15 is 0 Å². The lowest BCUT2D eigenvalue weighted by atomic mass is 10.1. The zero-order valence-corrected chi connectivity index (χ0v) is 17.3. The summed E-state index contributed by atoms with van der Waals surface area (Å²) in [5.41, 5.74) is 2.29. The number of esters is 1. The molecular formula is C23H23N3O5. The van der Waals surface area contributed by atoms with Gasteiger partial charge in [0.1, 0.15) is 11.8 Å². The molecule has 0 aliphatic heterocycles. The molecule has 1 aromatic heterocycles.